The zero-order chi connectivity index (χ0) is 12.1. The Balaban J connectivity index is 2.00. The molecule has 1 aromatic rings. The molecule has 1 unspecified atom stereocenters. The second-order valence-electron chi connectivity index (χ2n) is 5.98. The van der Waals surface area contributed by atoms with E-state index in [4.69, 9.17) is 4.74 Å². The zero-order valence-corrected chi connectivity index (χ0v) is 10.5. The van der Waals surface area contributed by atoms with Crippen molar-refractivity contribution in [3.63, 3.8) is 0 Å². The molecule has 1 aliphatic heterocycles. The summed E-state index contributed by atoms with van der Waals surface area (Å²) in [6.07, 6.45) is 2.60. The first kappa shape index (κ1) is 11.0. The molecule has 0 bridgehead atoms. The molecular formula is C15H18O2. The molecule has 2 aliphatic rings. The first-order valence-electron chi connectivity index (χ1n) is 6.29. The number of fused-ring (bicyclic) bond motifs is 1. The van der Waals surface area contributed by atoms with E-state index in [2.05, 4.69) is 19.9 Å². The molecule has 0 amide bonds. The third kappa shape index (κ3) is 1.62. The number of rotatable bonds is 0. The van der Waals surface area contributed by atoms with E-state index < -0.39 is 0 Å². The van der Waals surface area contributed by atoms with E-state index in [-0.39, 0.29) is 11.0 Å². The van der Waals surface area contributed by atoms with Crippen LogP contribution in [0, 0.1) is 5.41 Å². The predicted molar refractivity (Wildman–Crippen MR) is 66.2 cm³/mol. The first-order chi connectivity index (χ1) is 8.03. The van der Waals surface area contributed by atoms with Crippen LogP contribution >= 0.6 is 0 Å². The molecule has 1 saturated heterocycles. The van der Waals surface area contributed by atoms with Crippen molar-refractivity contribution in [1.29, 1.82) is 0 Å². The standard InChI is InChI=1S/C15H18O2/c1-14(2)10-15(7-8-17-14)9-11-5-3-4-6-12(11)13(15)16/h3-6H,7-10H2,1-2H3. The number of hydrogen-bond donors (Lipinski definition) is 0. The summed E-state index contributed by atoms with van der Waals surface area (Å²) >= 11 is 0. The number of ether oxygens (including phenoxy) is 1. The Morgan fingerprint density at radius 2 is 2.00 bits per heavy atom. The third-order valence-corrected chi connectivity index (χ3v) is 4.11. The van der Waals surface area contributed by atoms with E-state index in [0.717, 1.165) is 24.8 Å². The number of Topliss-reactive ketones (excluding diaryl/α,β-unsaturated/α-hetero) is 1. The lowest BCUT2D eigenvalue weighted by atomic mass is 9.71. The lowest BCUT2D eigenvalue weighted by Crippen LogP contribution is -2.44. The van der Waals surface area contributed by atoms with Gasteiger partial charge in [-0.1, -0.05) is 24.3 Å². The molecule has 0 radical (unpaired) electrons. The van der Waals surface area contributed by atoms with Gasteiger partial charge >= 0.3 is 0 Å². The van der Waals surface area contributed by atoms with Gasteiger partial charge in [0.25, 0.3) is 0 Å². The minimum atomic E-state index is -0.189. The van der Waals surface area contributed by atoms with E-state index in [1.54, 1.807) is 0 Å². The Morgan fingerprint density at radius 1 is 1.24 bits per heavy atom. The van der Waals surface area contributed by atoms with Crippen LogP contribution in [0.5, 0.6) is 0 Å². The smallest absolute Gasteiger partial charge is 0.169 e. The maximum Gasteiger partial charge on any atom is 0.169 e. The Bertz CT molecular complexity index is 476. The minimum absolute atomic E-state index is 0.171. The van der Waals surface area contributed by atoms with Crippen molar-refractivity contribution in [2.75, 3.05) is 6.61 Å². The van der Waals surface area contributed by atoms with Gasteiger partial charge in [-0.15, -0.1) is 0 Å². The summed E-state index contributed by atoms with van der Waals surface area (Å²) in [7, 11) is 0. The summed E-state index contributed by atoms with van der Waals surface area (Å²) in [6.45, 7) is 4.88. The van der Waals surface area contributed by atoms with Crippen LogP contribution in [-0.4, -0.2) is 18.0 Å². The van der Waals surface area contributed by atoms with E-state index in [9.17, 15) is 4.79 Å². The third-order valence-electron chi connectivity index (χ3n) is 4.11. The van der Waals surface area contributed by atoms with E-state index in [1.807, 2.05) is 18.2 Å². The van der Waals surface area contributed by atoms with Crippen LogP contribution in [0.3, 0.4) is 0 Å². The normalized spacial score (nSPS) is 30.6. The SMILES string of the molecule is CC1(C)CC2(CCO1)Cc1ccccc1C2=O. The summed E-state index contributed by atoms with van der Waals surface area (Å²) in [4.78, 5) is 12.6. The quantitative estimate of drug-likeness (QED) is 0.685. The Hall–Kier alpha value is -1.15. The van der Waals surface area contributed by atoms with Crippen molar-refractivity contribution in [2.24, 2.45) is 5.41 Å². The number of hydrogen-bond acceptors (Lipinski definition) is 2. The molecule has 1 atom stereocenters. The van der Waals surface area contributed by atoms with Crippen LogP contribution in [0.1, 0.15) is 42.6 Å². The van der Waals surface area contributed by atoms with Gasteiger partial charge in [0.15, 0.2) is 5.78 Å². The van der Waals surface area contributed by atoms with Gasteiger partial charge in [-0.05, 0) is 38.7 Å². The van der Waals surface area contributed by atoms with Crippen LogP contribution in [0.2, 0.25) is 0 Å². The number of carbonyl (C=O) groups is 1. The summed E-state index contributed by atoms with van der Waals surface area (Å²) in [5.41, 5.74) is 1.79. The van der Waals surface area contributed by atoms with Gasteiger partial charge in [-0.2, -0.15) is 0 Å². The molecule has 1 spiro atoms. The van der Waals surface area contributed by atoms with Gasteiger partial charge in [-0.3, -0.25) is 4.79 Å². The zero-order valence-electron chi connectivity index (χ0n) is 10.5. The molecular weight excluding hydrogens is 212 g/mol. The van der Waals surface area contributed by atoms with E-state index in [0.29, 0.717) is 12.4 Å². The highest BCUT2D eigenvalue weighted by molar-refractivity contribution is 6.05. The molecule has 0 saturated carbocycles. The summed E-state index contributed by atoms with van der Waals surface area (Å²) < 4.78 is 5.75. The van der Waals surface area contributed by atoms with Crippen molar-refractivity contribution in [3.05, 3.63) is 35.4 Å². The summed E-state index contributed by atoms with van der Waals surface area (Å²) in [6, 6.07) is 8.04. The topological polar surface area (TPSA) is 26.3 Å². The summed E-state index contributed by atoms with van der Waals surface area (Å²) in [5, 5.41) is 0. The van der Waals surface area contributed by atoms with Crippen LogP contribution in [0.15, 0.2) is 24.3 Å². The fourth-order valence-corrected chi connectivity index (χ4v) is 3.45. The number of ketones is 1. The Labute approximate surface area is 102 Å². The molecule has 1 aromatic carbocycles. The molecule has 90 valence electrons. The van der Waals surface area contributed by atoms with Crippen molar-refractivity contribution in [1.82, 2.24) is 0 Å². The van der Waals surface area contributed by atoms with Crippen LogP contribution in [0.4, 0.5) is 0 Å². The maximum atomic E-state index is 12.6. The number of carbonyl (C=O) groups excluding carboxylic acids is 1. The van der Waals surface area contributed by atoms with Gasteiger partial charge < -0.3 is 4.74 Å². The average Bonchev–Trinajstić information content (AvgIpc) is 2.51. The maximum absolute atomic E-state index is 12.6. The largest absolute Gasteiger partial charge is 0.376 e. The predicted octanol–water partition coefficient (Wildman–Crippen LogP) is 3.00. The van der Waals surface area contributed by atoms with Crippen molar-refractivity contribution in [3.8, 4) is 0 Å². The lowest BCUT2D eigenvalue weighted by Gasteiger charge is -2.41. The van der Waals surface area contributed by atoms with Gasteiger partial charge in [0.1, 0.15) is 0 Å². The highest BCUT2D eigenvalue weighted by Gasteiger charge is 2.50. The van der Waals surface area contributed by atoms with Crippen molar-refractivity contribution < 1.29 is 9.53 Å². The Morgan fingerprint density at radius 3 is 2.71 bits per heavy atom. The fraction of sp³-hybridized carbons (Fsp3) is 0.533. The molecule has 1 heterocycles. The van der Waals surface area contributed by atoms with Gasteiger partial charge in [0, 0.05) is 17.6 Å². The number of benzene rings is 1. The van der Waals surface area contributed by atoms with E-state index in [1.165, 1.54) is 5.56 Å². The van der Waals surface area contributed by atoms with Crippen molar-refractivity contribution in [2.45, 2.75) is 38.7 Å². The van der Waals surface area contributed by atoms with Crippen molar-refractivity contribution >= 4 is 5.78 Å². The molecule has 3 rings (SSSR count). The van der Waals surface area contributed by atoms with Crippen LogP contribution < -0.4 is 0 Å². The second kappa shape index (κ2) is 3.42. The van der Waals surface area contributed by atoms with E-state index >= 15 is 0 Å². The molecule has 0 N–H and O–H groups in total. The Kier molecular flexibility index (Phi) is 2.21. The molecule has 1 aliphatic carbocycles. The molecule has 2 nitrogen and oxygen atoms in total. The molecule has 0 aromatic heterocycles. The highest BCUT2D eigenvalue weighted by Crippen LogP contribution is 2.48. The van der Waals surface area contributed by atoms with Crippen LogP contribution in [0.25, 0.3) is 0 Å². The fourth-order valence-electron chi connectivity index (χ4n) is 3.45. The average molecular weight is 230 g/mol. The van der Waals surface area contributed by atoms with Gasteiger partial charge in [0.2, 0.25) is 0 Å². The first-order valence-corrected chi connectivity index (χ1v) is 6.29. The summed E-state index contributed by atoms with van der Waals surface area (Å²) in [5.74, 6) is 0.337. The minimum Gasteiger partial charge on any atom is -0.376 e. The second-order valence-corrected chi connectivity index (χ2v) is 5.98. The molecule has 17 heavy (non-hydrogen) atoms. The van der Waals surface area contributed by atoms with Gasteiger partial charge in [0.05, 0.1) is 5.60 Å². The monoisotopic (exact) mass is 230 g/mol. The lowest BCUT2D eigenvalue weighted by molar-refractivity contribution is -0.0917. The molecule has 2 heteroatoms. The van der Waals surface area contributed by atoms with Gasteiger partial charge in [-0.25, -0.2) is 0 Å². The molecule has 1 fully saturated rings. The highest BCUT2D eigenvalue weighted by atomic mass is 16.5. The van der Waals surface area contributed by atoms with Crippen LogP contribution in [-0.2, 0) is 11.2 Å².